The zero-order valence-corrected chi connectivity index (χ0v) is 11.0. The van der Waals surface area contributed by atoms with Gasteiger partial charge in [0.05, 0.1) is 0 Å². The number of likely N-dealkylation sites (tertiary alicyclic amines) is 1. The Bertz CT molecular complexity index is 149. The van der Waals surface area contributed by atoms with Crippen LogP contribution in [0, 0.1) is 0 Å². The summed E-state index contributed by atoms with van der Waals surface area (Å²) in [6, 6.07) is 0. The number of nitrogens with zero attached hydrogens (tertiary/aromatic N) is 1. The Balaban J connectivity index is 2.02. The molecule has 1 saturated heterocycles. The molecule has 0 aliphatic carbocycles. The molecule has 84 valence electrons. The van der Waals surface area contributed by atoms with Gasteiger partial charge in [-0.3, -0.25) is 5.32 Å². The lowest BCUT2D eigenvalue weighted by molar-refractivity contribution is 0.126. The highest BCUT2D eigenvalue weighted by molar-refractivity contribution is 14.1. The maximum absolute atomic E-state index is 9.30. The molecule has 1 fully saturated rings. The van der Waals surface area contributed by atoms with Gasteiger partial charge in [-0.1, -0.05) is 22.6 Å². The highest BCUT2D eigenvalue weighted by Crippen LogP contribution is 2.18. The second kappa shape index (κ2) is 6.98. The summed E-state index contributed by atoms with van der Waals surface area (Å²) in [5, 5.41) is 12.1. The van der Waals surface area contributed by atoms with E-state index < -0.39 is 0 Å². The number of alkyl halides is 1. The molecule has 2 N–H and O–H groups in total. The monoisotopic (exact) mass is 312 g/mol. The van der Waals surface area contributed by atoms with Crippen LogP contribution in [-0.4, -0.2) is 46.8 Å². The van der Waals surface area contributed by atoms with E-state index in [0.29, 0.717) is 0 Å². The third-order valence-electron chi connectivity index (χ3n) is 2.80. The van der Waals surface area contributed by atoms with E-state index in [0.717, 1.165) is 23.3 Å². The van der Waals surface area contributed by atoms with Crippen molar-refractivity contribution in [1.82, 2.24) is 10.2 Å². The van der Waals surface area contributed by atoms with Crippen LogP contribution in [-0.2, 0) is 0 Å². The molecular weight excluding hydrogens is 291 g/mol. The average Bonchev–Trinajstić information content (AvgIpc) is 2.21. The van der Waals surface area contributed by atoms with Crippen molar-refractivity contribution < 1.29 is 5.11 Å². The van der Waals surface area contributed by atoms with E-state index in [9.17, 15) is 5.11 Å². The van der Waals surface area contributed by atoms with Crippen molar-refractivity contribution in [2.75, 3.05) is 26.7 Å². The van der Waals surface area contributed by atoms with Crippen LogP contribution in [0.3, 0.4) is 0 Å². The number of hydrogen-bond donors (Lipinski definition) is 2. The van der Waals surface area contributed by atoms with E-state index >= 15 is 0 Å². The van der Waals surface area contributed by atoms with Crippen molar-refractivity contribution in [2.24, 2.45) is 0 Å². The Morgan fingerprint density at radius 1 is 1.50 bits per heavy atom. The predicted octanol–water partition coefficient (Wildman–Crippen LogP) is 1.20. The van der Waals surface area contributed by atoms with E-state index in [-0.39, 0.29) is 6.23 Å². The Morgan fingerprint density at radius 2 is 2.14 bits per heavy atom. The van der Waals surface area contributed by atoms with Crippen LogP contribution in [0.25, 0.3) is 0 Å². The minimum atomic E-state index is -0.322. The summed E-state index contributed by atoms with van der Waals surface area (Å²) in [4.78, 5) is 2.51. The second-order valence-electron chi connectivity index (χ2n) is 3.96. The van der Waals surface area contributed by atoms with E-state index in [4.69, 9.17) is 0 Å². The smallest absolute Gasteiger partial charge is 0.104 e. The summed E-state index contributed by atoms with van der Waals surface area (Å²) in [5.74, 6) is 0. The van der Waals surface area contributed by atoms with Crippen LogP contribution in [0.1, 0.15) is 25.7 Å². The molecule has 1 heterocycles. The van der Waals surface area contributed by atoms with E-state index in [2.05, 4.69) is 32.8 Å². The molecule has 1 unspecified atom stereocenters. The third kappa shape index (κ3) is 4.91. The molecule has 3 nitrogen and oxygen atoms in total. The fraction of sp³-hybridized carbons (Fsp3) is 1.00. The fourth-order valence-corrected chi connectivity index (χ4v) is 2.33. The molecule has 0 saturated carbocycles. The maximum atomic E-state index is 9.30. The number of rotatable bonds is 5. The molecule has 0 aromatic heterocycles. The predicted molar refractivity (Wildman–Crippen MR) is 67.8 cm³/mol. The first-order chi connectivity index (χ1) is 6.72. The molecule has 1 rings (SSSR count). The first kappa shape index (κ1) is 12.7. The molecule has 0 bridgehead atoms. The van der Waals surface area contributed by atoms with Crippen LogP contribution in [0.5, 0.6) is 0 Å². The van der Waals surface area contributed by atoms with Gasteiger partial charge in [-0.05, 0) is 52.4 Å². The quantitative estimate of drug-likeness (QED) is 0.455. The van der Waals surface area contributed by atoms with Gasteiger partial charge in [0.2, 0.25) is 0 Å². The third-order valence-corrected chi connectivity index (χ3v) is 4.05. The highest BCUT2D eigenvalue weighted by Gasteiger charge is 2.16. The Labute approximate surface area is 100 Å². The number of halogens is 1. The Morgan fingerprint density at radius 3 is 2.71 bits per heavy atom. The lowest BCUT2D eigenvalue weighted by Crippen LogP contribution is -2.35. The van der Waals surface area contributed by atoms with Crippen molar-refractivity contribution in [3.8, 4) is 0 Å². The topological polar surface area (TPSA) is 35.5 Å². The standard InChI is InChI=1S/C10H21IN2O/c1-12-10(14)3-2-6-13-7-4-9(11)5-8-13/h9-10,12,14H,2-8H2,1H3. The van der Waals surface area contributed by atoms with Crippen LogP contribution >= 0.6 is 22.6 Å². The minimum absolute atomic E-state index is 0.322. The highest BCUT2D eigenvalue weighted by atomic mass is 127. The van der Waals surface area contributed by atoms with Gasteiger partial charge < -0.3 is 10.0 Å². The summed E-state index contributed by atoms with van der Waals surface area (Å²) in [5.41, 5.74) is 0. The van der Waals surface area contributed by atoms with E-state index in [1.165, 1.54) is 25.9 Å². The molecule has 0 aromatic rings. The number of nitrogens with one attached hydrogen (secondary N) is 1. The van der Waals surface area contributed by atoms with Crippen molar-refractivity contribution in [1.29, 1.82) is 0 Å². The lowest BCUT2D eigenvalue weighted by Gasteiger charge is -2.29. The van der Waals surface area contributed by atoms with Gasteiger partial charge in [-0.15, -0.1) is 0 Å². The number of aliphatic hydroxyl groups excluding tert-OH is 1. The molecule has 4 heteroatoms. The minimum Gasteiger partial charge on any atom is -0.379 e. The first-order valence-electron chi connectivity index (χ1n) is 5.44. The molecule has 14 heavy (non-hydrogen) atoms. The zero-order chi connectivity index (χ0) is 10.4. The molecule has 0 aromatic carbocycles. The summed E-state index contributed by atoms with van der Waals surface area (Å²) in [6.07, 6.45) is 4.29. The maximum Gasteiger partial charge on any atom is 0.104 e. The van der Waals surface area contributed by atoms with Gasteiger partial charge in [-0.25, -0.2) is 0 Å². The summed E-state index contributed by atoms with van der Waals surface area (Å²) in [6.45, 7) is 3.62. The van der Waals surface area contributed by atoms with Crippen molar-refractivity contribution in [3.63, 3.8) is 0 Å². The number of aliphatic hydroxyl groups is 1. The Hall–Kier alpha value is 0.610. The fourth-order valence-electron chi connectivity index (χ4n) is 1.78. The number of piperidine rings is 1. The Kier molecular flexibility index (Phi) is 6.32. The van der Waals surface area contributed by atoms with Gasteiger partial charge in [-0.2, -0.15) is 0 Å². The molecule has 0 amide bonds. The van der Waals surface area contributed by atoms with Gasteiger partial charge in [0.1, 0.15) is 6.23 Å². The molecule has 1 atom stereocenters. The van der Waals surface area contributed by atoms with E-state index in [1.54, 1.807) is 7.05 Å². The molecule has 0 radical (unpaired) electrons. The van der Waals surface area contributed by atoms with Crippen LogP contribution in [0.15, 0.2) is 0 Å². The number of hydrogen-bond acceptors (Lipinski definition) is 3. The average molecular weight is 312 g/mol. The molecule has 1 aliphatic rings. The summed E-state index contributed by atoms with van der Waals surface area (Å²) in [7, 11) is 1.80. The van der Waals surface area contributed by atoms with Crippen LogP contribution < -0.4 is 5.32 Å². The van der Waals surface area contributed by atoms with Gasteiger partial charge in [0.15, 0.2) is 0 Å². The lowest BCUT2D eigenvalue weighted by atomic mass is 10.1. The zero-order valence-electron chi connectivity index (χ0n) is 8.88. The van der Waals surface area contributed by atoms with Crippen molar-refractivity contribution in [3.05, 3.63) is 0 Å². The van der Waals surface area contributed by atoms with Crippen LogP contribution in [0.4, 0.5) is 0 Å². The van der Waals surface area contributed by atoms with Crippen LogP contribution in [0.2, 0.25) is 0 Å². The van der Waals surface area contributed by atoms with Crippen molar-refractivity contribution >= 4 is 22.6 Å². The molecule has 0 spiro atoms. The van der Waals surface area contributed by atoms with Gasteiger partial charge >= 0.3 is 0 Å². The van der Waals surface area contributed by atoms with Gasteiger partial charge in [0.25, 0.3) is 0 Å². The summed E-state index contributed by atoms with van der Waals surface area (Å²) < 4.78 is 0.881. The molecule has 1 aliphatic heterocycles. The van der Waals surface area contributed by atoms with Crippen molar-refractivity contribution in [2.45, 2.75) is 35.8 Å². The molecular formula is C10H21IN2O. The largest absolute Gasteiger partial charge is 0.379 e. The second-order valence-corrected chi connectivity index (χ2v) is 5.72. The summed E-state index contributed by atoms with van der Waals surface area (Å²) >= 11 is 2.54. The SMILES string of the molecule is CNC(O)CCCN1CCC(I)CC1. The van der Waals surface area contributed by atoms with E-state index in [1.807, 2.05) is 0 Å². The normalized spacial score (nSPS) is 22.5. The first-order valence-corrected chi connectivity index (χ1v) is 6.68. The van der Waals surface area contributed by atoms with Gasteiger partial charge in [0, 0.05) is 3.92 Å².